The summed E-state index contributed by atoms with van der Waals surface area (Å²) >= 11 is 5.91. The zero-order chi connectivity index (χ0) is 13.1. The van der Waals surface area contributed by atoms with E-state index in [1.165, 1.54) is 0 Å². The van der Waals surface area contributed by atoms with Gasteiger partial charge in [-0.2, -0.15) is 4.98 Å². The van der Waals surface area contributed by atoms with E-state index in [0.717, 1.165) is 11.3 Å². The number of rotatable bonds is 3. The number of benzene rings is 1. The standard InChI is InChI=1S/C13H13ClN2O2/c1-8-3-4-10(14)6-12(8)18-13-15-9(2)5-11(7-17)16-13/h3-6,17H,7H2,1-2H3. The summed E-state index contributed by atoms with van der Waals surface area (Å²) in [6.07, 6.45) is 0. The monoisotopic (exact) mass is 264 g/mol. The van der Waals surface area contributed by atoms with Crippen molar-refractivity contribution in [2.75, 3.05) is 0 Å². The molecule has 2 aromatic rings. The summed E-state index contributed by atoms with van der Waals surface area (Å²) in [5.41, 5.74) is 2.20. The van der Waals surface area contributed by atoms with Gasteiger partial charge in [-0.3, -0.25) is 0 Å². The van der Waals surface area contributed by atoms with Crippen LogP contribution in [0.5, 0.6) is 11.8 Å². The van der Waals surface area contributed by atoms with Crippen LogP contribution in [0, 0.1) is 13.8 Å². The molecule has 0 spiro atoms. The Labute approximate surface area is 110 Å². The van der Waals surface area contributed by atoms with E-state index in [9.17, 15) is 0 Å². The first-order valence-electron chi connectivity index (χ1n) is 5.48. The summed E-state index contributed by atoms with van der Waals surface area (Å²) in [5.74, 6) is 0.608. The molecule has 0 radical (unpaired) electrons. The van der Waals surface area contributed by atoms with E-state index in [1.54, 1.807) is 18.2 Å². The second-order valence-electron chi connectivity index (χ2n) is 3.95. The number of aryl methyl sites for hydroxylation is 2. The zero-order valence-electron chi connectivity index (χ0n) is 10.1. The van der Waals surface area contributed by atoms with Gasteiger partial charge in [-0.1, -0.05) is 17.7 Å². The number of aromatic nitrogens is 2. The first kappa shape index (κ1) is 12.8. The lowest BCUT2D eigenvalue weighted by Gasteiger charge is -2.08. The van der Waals surface area contributed by atoms with Crippen LogP contribution in [0.2, 0.25) is 5.02 Å². The maximum Gasteiger partial charge on any atom is 0.322 e. The van der Waals surface area contributed by atoms with E-state index < -0.39 is 0 Å². The van der Waals surface area contributed by atoms with Crippen LogP contribution in [0.1, 0.15) is 17.0 Å². The molecule has 0 atom stereocenters. The van der Waals surface area contributed by atoms with Gasteiger partial charge < -0.3 is 9.84 Å². The first-order valence-corrected chi connectivity index (χ1v) is 5.85. The lowest BCUT2D eigenvalue weighted by atomic mass is 10.2. The van der Waals surface area contributed by atoms with Crippen LogP contribution in [0.3, 0.4) is 0 Å². The molecule has 0 bridgehead atoms. The zero-order valence-corrected chi connectivity index (χ0v) is 10.9. The van der Waals surface area contributed by atoms with Crippen LogP contribution >= 0.6 is 11.6 Å². The average molecular weight is 265 g/mol. The Morgan fingerprint density at radius 3 is 2.72 bits per heavy atom. The highest BCUT2D eigenvalue weighted by atomic mass is 35.5. The highest BCUT2D eigenvalue weighted by molar-refractivity contribution is 6.30. The Balaban J connectivity index is 2.33. The van der Waals surface area contributed by atoms with Gasteiger partial charge in [0.1, 0.15) is 5.75 Å². The summed E-state index contributed by atoms with van der Waals surface area (Å²) in [4.78, 5) is 8.25. The second kappa shape index (κ2) is 5.33. The molecule has 1 aromatic carbocycles. The number of aliphatic hydroxyl groups excluding tert-OH is 1. The van der Waals surface area contributed by atoms with Crippen molar-refractivity contribution >= 4 is 11.6 Å². The van der Waals surface area contributed by atoms with E-state index in [0.29, 0.717) is 16.5 Å². The predicted octanol–water partition coefficient (Wildman–Crippen LogP) is 3.03. The molecule has 1 aromatic heterocycles. The predicted molar refractivity (Wildman–Crippen MR) is 69.0 cm³/mol. The smallest absolute Gasteiger partial charge is 0.322 e. The molecule has 0 fully saturated rings. The fourth-order valence-corrected chi connectivity index (χ4v) is 1.68. The lowest BCUT2D eigenvalue weighted by molar-refractivity contribution is 0.274. The number of nitrogens with zero attached hydrogens (tertiary/aromatic N) is 2. The minimum absolute atomic E-state index is 0.145. The minimum Gasteiger partial charge on any atom is -0.424 e. The van der Waals surface area contributed by atoms with Gasteiger partial charge in [0, 0.05) is 10.7 Å². The summed E-state index contributed by atoms with van der Waals surface area (Å²) < 4.78 is 5.60. The molecule has 2 rings (SSSR count). The van der Waals surface area contributed by atoms with Gasteiger partial charge in [-0.05, 0) is 37.6 Å². The third kappa shape index (κ3) is 2.97. The summed E-state index contributed by atoms with van der Waals surface area (Å²) in [6, 6.07) is 7.28. The molecule has 18 heavy (non-hydrogen) atoms. The van der Waals surface area contributed by atoms with E-state index in [-0.39, 0.29) is 12.6 Å². The second-order valence-corrected chi connectivity index (χ2v) is 4.39. The van der Waals surface area contributed by atoms with Gasteiger partial charge in [0.05, 0.1) is 12.3 Å². The Morgan fingerprint density at radius 2 is 2.00 bits per heavy atom. The van der Waals surface area contributed by atoms with Gasteiger partial charge >= 0.3 is 6.01 Å². The van der Waals surface area contributed by atoms with Gasteiger partial charge in [0.15, 0.2) is 0 Å². The Morgan fingerprint density at radius 1 is 1.22 bits per heavy atom. The molecule has 0 aliphatic carbocycles. The van der Waals surface area contributed by atoms with E-state index in [4.69, 9.17) is 21.4 Å². The van der Waals surface area contributed by atoms with Crippen molar-refractivity contribution in [3.8, 4) is 11.8 Å². The van der Waals surface area contributed by atoms with Crippen molar-refractivity contribution in [2.45, 2.75) is 20.5 Å². The molecule has 1 heterocycles. The topological polar surface area (TPSA) is 55.2 Å². The molecule has 0 unspecified atom stereocenters. The third-order valence-electron chi connectivity index (χ3n) is 2.40. The fraction of sp³-hybridized carbons (Fsp3) is 0.231. The lowest BCUT2D eigenvalue weighted by Crippen LogP contribution is -1.99. The number of aliphatic hydroxyl groups is 1. The summed E-state index contributed by atoms with van der Waals surface area (Å²) in [7, 11) is 0. The quantitative estimate of drug-likeness (QED) is 0.926. The number of halogens is 1. The van der Waals surface area contributed by atoms with Crippen molar-refractivity contribution in [1.82, 2.24) is 9.97 Å². The maximum absolute atomic E-state index is 9.08. The molecular weight excluding hydrogens is 252 g/mol. The van der Waals surface area contributed by atoms with Crippen molar-refractivity contribution < 1.29 is 9.84 Å². The normalized spacial score (nSPS) is 10.4. The van der Waals surface area contributed by atoms with E-state index >= 15 is 0 Å². The van der Waals surface area contributed by atoms with Gasteiger partial charge in [-0.25, -0.2) is 4.98 Å². The third-order valence-corrected chi connectivity index (χ3v) is 2.64. The highest BCUT2D eigenvalue weighted by Crippen LogP contribution is 2.26. The van der Waals surface area contributed by atoms with Crippen LogP contribution in [0.4, 0.5) is 0 Å². The van der Waals surface area contributed by atoms with Gasteiger partial charge in [0.25, 0.3) is 0 Å². The van der Waals surface area contributed by atoms with Crippen molar-refractivity contribution in [2.24, 2.45) is 0 Å². The van der Waals surface area contributed by atoms with Crippen LogP contribution in [0.25, 0.3) is 0 Å². The summed E-state index contributed by atoms with van der Waals surface area (Å²) in [6.45, 7) is 3.58. The number of ether oxygens (including phenoxy) is 1. The van der Waals surface area contributed by atoms with Crippen LogP contribution in [0.15, 0.2) is 24.3 Å². The molecule has 0 saturated carbocycles. The Bertz CT molecular complexity index is 573. The Kier molecular flexibility index (Phi) is 3.79. The molecular formula is C13H13ClN2O2. The molecule has 4 nitrogen and oxygen atoms in total. The highest BCUT2D eigenvalue weighted by Gasteiger charge is 2.07. The summed E-state index contributed by atoms with van der Waals surface area (Å²) in [5, 5.41) is 9.67. The molecule has 0 amide bonds. The van der Waals surface area contributed by atoms with Crippen molar-refractivity contribution in [1.29, 1.82) is 0 Å². The van der Waals surface area contributed by atoms with Gasteiger partial charge in [0.2, 0.25) is 0 Å². The van der Waals surface area contributed by atoms with Gasteiger partial charge in [-0.15, -0.1) is 0 Å². The Hall–Kier alpha value is -1.65. The molecule has 94 valence electrons. The molecule has 5 heteroatoms. The maximum atomic E-state index is 9.08. The molecule has 0 saturated heterocycles. The van der Waals surface area contributed by atoms with Crippen molar-refractivity contribution in [3.05, 3.63) is 46.2 Å². The molecule has 0 aliphatic heterocycles. The SMILES string of the molecule is Cc1cc(CO)nc(Oc2cc(Cl)ccc2C)n1. The largest absolute Gasteiger partial charge is 0.424 e. The fourth-order valence-electron chi connectivity index (χ4n) is 1.51. The minimum atomic E-state index is -0.145. The average Bonchev–Trinajstić information content (AvgIpc) is 2.33. The molecule has 0 aliphatic rings. The first-order chi connectivity index (χ1) is 8.58. The molecule has 1 N–H and O–H groups in total. The van der Waals surface area contributed by atoms with Crippen molar-refractivity contribution in [3.63, 3.8) is 0 Å². The van der Waals surface area contributed by atoms with Crippen LogP contribution in [-0.4, -0.2) is 15.1 Å². The van der Waals surface area contributed by atoms with E-state index in [1.807, 2.05) is 19.9 Å². The number of hydrogen-bond donors (Lipinski definition) is 1. The van der Waals surface area contributed by atoms with Crippen LogP contribution < -0.4 is 4.74 Å². The number of hydrogen-bond acceptors (Lipinski definition) is 4. The van der Waals surface area contributed by atoms with Crippen LogP contribution in [-0.2, 0) is 6.61 Å². The van der Waals surface area contributed by atoms with E-state index in [2.05, 4.69) is 9.97 Å².